The van der Waals surface area contributed by atoms with Crippen molar-refractivity contribution >= 4 is 64.4 Å². The van der Waals surface area contributed by atoms with E-state index >= 15 is 0 Å². The van der Waals surface area contributed by atoms with Crippen LogP contribution in [0.5, 0.6) is 0 Å². The van der Waals surface area contributed by atoms with E-state index in [1.807, 2.05) is 0 Å². The highest BCUT2D eigenvalue weighted by atomic mass is 32.1. The van der Waals surface area contributed by atoms with Gasteiger partial charge in [0.2, 0.25) is 0 Å². The molecule has 0 nitrogen and oxygen atoms in total. The number of benzene rings is 4. The molecule has 0 aliphatic carbocycles. The van der Waals surface area contributed by atoms with E-state index in [2.05, 4.69) is 98.5 Å². The first-order valence-corrected chi connectivity index (χ1v) is 11.7. The SMILES string of the molecule is Cc1ccc2ccc3sc(C#Cc4cc5c(ccc6ccc(C)cc65)s4)cc3c2c1. The maximum absolute atomic E-state index is 3.43. The Morgan fingerprint density at radius 1 is 0.500 bits per heavy atom. The second-order valence-corrected chi connectivity index (χ2v) is 10.0. The molecule has 0 radical (unpaired) electrons. The molecule has 0 bridgehead atoms. The summed E-state index contributed by atoms with van der Waals surface area (Å²) in [6.45, 7) is 4.30. The van der Waals surface area contributed by atoms with Gasteiger partial charge in [-0.15, -0.1) is 22.7 Å². The standard InChI is InChI=1S/C28H18S2/c1-17-3-5-19-7-11-27-25(23(19)13-17)15-21(29-27)9-10-22-16-26-24-14-18(2)4-6-20(24)8-12-28(26)30-22/h3-8,11-16H,1-2H3. The molecule has 6 rings (SSSR count). The van der Waals surface area contributed by atoms with E-state index in [-0.39, 0.29) is 0 Å². The fourth-order valence-corrected chi connectivity index (χ4v) is 6.01. The van der Waals surface area contributed by atoms with Gasteiger partial charge in [0.15, 0.2) is 0 Å². The Balaban J connectivity index is 1.46. The Bertz CT molecular complexity index is 1540. The van der Waals surface area contributed by atoms with E-state index in [0.717, 1.165) is 9.75 Å². The van der Waals surface area contributed by atoms with Crippen molar-refractivity contribution in [3.8, 4) is 11.8 Å². The molecule has 0 fully saturated rings. The van der Waals surface area contributed by atoms with Gasteiger partial charge in [-0.25, -0.2) is 0 Å². The molecular weight excluding hydrogens is 400 g/mol. The van der Waals surface area contributed by atoms with Gasteiger partial charge in [-0.2, -0.15) is 0 Å². The van der Waals surface area contributed by atoms with Crippen molar-refractivity contribution in [2.75, 3.05) is 0 Å². The summed E-state index contributed by atoms with van der Waals surface area (Å²) in [6, 6.07) is 26.7. The summed E-state index contributed by atoms with van der Waals surface area (Å²) in [5.41, 5.74) is 2.59. The quantitative estimate of drug-likeness (QED) is 0.217. The number of thiophene rings is 2. The van der Waals surface area contributed by atoms with Crippen LogP contribution in [0, 0.1) is 25.7 Å². The van der Waals surface area contributed by atoms with Crippen LogP contribution in [0.2, 0.25) is 0 Å². The molecule has 0 amide bonds. The largest absolute Gasteiger partial charge is 0.127 e. The number of rotatable bonds is 0. The van der Waals surface area contributed by atoms with Gasteiger partial charge in [0.25, 0.3) is 0 Å². The molecule has 0 aliphatic heterocycles. The Morgan fingerprint density at radius 2 is 0.933 bits per heavy atom. The summed E-state index contributed by atoms with van der Waals surface area (Å²) in [7, 11) is 0. The first kappa shape index (κ1) is 17.7. The Hall–Kier alpha value is -3.12. The minimum Gasteiger partial charge on any atom is -0.127 e. The van der Waals surface area contributed by atoms with Gasteiger partial charge in [0, 0.05) is 20.2 Å². The lowest BCUT2D eigenvalue weighted by Crippen LogP contribution is -1.75. The van der Waals surface area contributed by atoms with Crippen LogP contribution in [-0.2, 0) is 0 Å². The van der Waals surface area contributed by atoms with Crippen molar-refractivity contribution in [1.29, 1.82) is 0 Å². The van der Waals surface area contributed by atoms with Crippen LogP contribution >= 0.6 is 22.7 Å². The average molecular weight is 419 g/mol. The number of hydrogen-bond donors (Lipinski definition) is 0. The zero-order chi connectivity index (χ0) is 20.2. The molecule has 0 spiro atoms. The van der Waals surface area contributed by atoms with E-state index < -0.39 is 0 Å². The topological polar surface area (TPSA) is 0 Å². The zero-order valence-electron chi connectivity index (χ0n) is 16.7. The Kier molecular flexibility index (Phi) is 3.96. The van der Waals surface area contributed by atoms with Gasteiger partial charge in [-0.05, 0) is 71.5 Å². The third-order valence-corrected chi connectivity index (χ3v) is 7.69. The van der Waals surface area contributed by atoms with Gasteiger partial charge in [0.1, 0.15) is 0 Å². The van der Waals surface area contributed by atoms with Crippen LogP contribution in [0.15, 0.2) is 72.8 Å². The highest BCUT2D eigenvalue weighted by molar-refractivity contribution is 7.20. The molecule has 0 N–H and O–H groups in total. The summed E-state index contributed by atoms with van der Waals surface area (Å²) in [4.78, 5) is 2.24. The maximum atomic E-state index is 3.43. The minimum absolute atomic E-state index is 1.12. The summed E-state index contributed by atoms with van der Waals surface area (Å²) in [6.07, 6.45) is 0. The molecule has 0 saturated carbocycles. The molecule has 30 heavy (non-hydrogen) atoms. The summed E-state index contributed by atoms with van der Waals surface area (Å²) in [5.74, 6) is 6.86. The molecule has 0 unspecified atom stereocenters. The third-order valence-electron chi connectivity index (χ3n) is 5.66. The number of aryl methyl sites for hydroxylation is 2. The van der Waals surface area contributed by atoms with E-state index in [4.69, 9.17) is 0 Å². The van der Waals surface area contributed by atoms with Crippen molar-refractivity contribution in [3.05, 3.63) is 93.7 Å². The lowest BCUT2D eigenvalue weighted by atomic mass is 10.0. The van der Waals surface area contributed by atoms with Gasteiger partial charge in [-0.3, -0.25) is 0 Å². The summed E-state index contributed by atoms with van der Waals surface area (Å²) < 4.78 is 2.60. The number of hydrogen-bond acceptors (Lipinski definition) is 2. The van der Waals surface area contributed by atoms with Crippen LogP contribution in [-0.4, -0.2) is 0 Å². The normalized spacial score (nSPS) is 11.4. The van der Waals surface area contributed by atoms with Crippen molar-refractivity contribution in [2.45, 2.75) is 13.8 Å². The molecular formula is C28H18S2. The molecule has 0 atom stereocenters. The Morgan fingerprint density at radius 3 is 1.40 bits per heavy atom. The summed E-state index contributed by atoms with van der Waals surface area (Å²) in [5, 5.41) is 7.83. The molecule has 142 valence electrons. The molecule has 2 heterocycles. The minimum atomic E-state index is 1.12. The van der Waals surface area contributed by atoms with E-state index in [1.165, 1.54) is 52.8 Å². The molecule has 0 saturated heterocycles. The second kappa shape index (κ2) is 6.71. The van der Waals surface area contributed by atoms with Gasteiger partial charge in [0.05, 0.1) is 9.75 Å². The first-order valence-electron chi connectivity index (χ1n) is 10.0. The van der Waals surface area contributed by atoms with Gasteiger partial charge < -0.3 is 0 Å². The fourth-order valence-electron chi connectivity index (χ4n) is 4.15. The third kappa shape index (κ3) is 2.91. The lowest BCUT2D eigenvalue weighted by Gasteiger charge is -2.00. The van der Waals surface area contributed by atoms with Crippen LogP contribution in [0.1, 0.15) is 20.9 Å². The Labute approximate surface area is 183 Å². The highest BCUT2D eigenvalue weighted by Crippen LogP contribution is 2.34. The van der Waals surface area contributed by atoms with Crippen molar-refractivity contribution in [1.82, 2.24) is 0 Å². The summed E-state index contributed by atoms with van der Waals surface area (Å²) >= 11 is 3.56. The van der Waals surface area contributed by atoms with Gasteiger partial charge >= 0.3 is 0 Å². The molecule has 6 aromatic rings. The molecule has 4 aromatic carbocycles. The smallest absolute Gasteiger partial charge is 0.0785 e. The number of fused-ring (bicyclic) bond motifs is 6. The van der Waals surface area contributed by atoms with Crippen molar-refractivity contribution < 1.29 is 0 Å². The molecule has 2 aromatic heterocycles. The van der Waals surface area contributed by atoms with Crippen LogP contribution < -0.4 is 0 Å². The lowest BCUT2D eigenvalue weighted by molar-refractivity contribution is 1.51. The molecule has 0 aliphatic rings. The van der Waals surface area contributed by atoms with Crippen LogP contribution in [0.25, 0.3) is 41.7 Å². The van der Waals surface area contributed by atoms with Crippen molar-refractivity contribution in [2.24, 2.45) is 0 Å². The van der Waals surface area contributed by atoms with Crippen LogP contribution in [0.4, 0.5) is 0 Å². The highest BCUT2D eigenvalue weighted by Gasteiger charge is 2.07. The van der Waals surface area contributed by atoms with E-state index in [9.17, 15) is 0 Å². The predicted molar refractivity (Wildman–Crippen MR) is 134 cm³/mol. The van der Waals surface area contributed by atoms with Crippen molar-refractivity contribution in [3.63, 3.8) is 0 Å². The van der Waals surface area contributed by atoms with Gasteiger partial charge in [-0.1, -0.05) is 59.7 Å². The fraction of sp³-hybridized carbons (Fsp3) is 0.0714. The monoisotopic (exact) mass is 418 g/mol. The zero-order valence-corrected chi connectivity index (χ0v) is 18.4. The van der Waals surface area contributed by atoms with E-state index in [0.29, 0.717) is 0 Å². The second-order valence-electron chi connectivity index (χ2n) is 7.88. The predicted octanol–water partition coefficient (Wildman–Crippen LogP) is 8.44. The van der Waals surface area contributed by atoms with E-state index in [1.54, 1.807) is 22.7 Å². The first-order chi connectivity index (χ1) is 14.6. The molecule has 2 heteroatoms. The maximum Gasteiger partial charge on any atom is 0.0785 e. The van der Waals surface area contributed by atoms with Crippen LogP contribution in [0.3, 0.4) is 0 Å². The average Bonchev–Trinajstić information content (AvgIpc) is 3.36.